The van der Waals surface area contributed by atoms with Crippen molar-refractivity contribution in [3.8, 4) is 11.5 Å². The van der Waals surface area contributed by atoms with E-state index in [0.717, 1.165) is 36.8 Å². The van der Waals surface area contributed by atoms with Crippen molar-refractivity contribution in [2.75, 3.05) is 33.5 Å². The normalized spacial score (nSPS) is 24.1. The molecule has 12 heteroatoms. The van der Waals surface area contributed by atoms with E-state index >= 15 is 0 Å². The van der Waals surface area contributed by atoms with Gasteiger partial charge in [-0.2, -0.15) is 0 Å². The first kappa shape index (κ1) is 41.8. The van der Waals surface area contributed by atoms with Gasteiger partial charge in [-0.1, -0.05) is 60.5 Å². The molecule has 1 fully saturated rings. The van der Waals surface area contributed by atoms with E-state index in [9.17, 15) is 23.8 Å². The molecule has 0 aromatic heterocycles. The fourth-order valence-electron chi connectivity index (χ4n) is 8.86. The summed E-state index contributed by atoms with van der Waals surface area (Å²) in [6.07, 6.45) is 7.82. The van der Waals surface area contributed by atoms with E-state index in [-0.39, 0.29) is 63.0 Å². The predicted molar refractivity (Wildman–Crippen MR) is 212 cm³/mol. The summed E-state index contributed by atoms with van der Waals surface area (Å²) in [7, 11) is 1.32. The minimum absolute atomic E-state index is 0.00376. The topological polar surface area (TPSA) is 119 Å². The molecule has 0 radical (unpaired) electrons. The molecule has 0 spiro atoms. The highest BCUT2D eigenvalue weighted by Gasteiger charge is 2.65. The van der Waals surface area contributed by atoms with Crippen LogP contribution < -0.4 is 9.47 Å². The Bertz CT molecular complexity index is 1890. The van der Waals surface area contributed by atoms with Crippen molar-refractivity contribution in [3.05, 3.63) is 119 Å². The van der Waals surface area contributed by atoms with Crippen molar-refractivity contribution in [1.29, 1.82) is 0 Å². The van der Waals surface area contributed by atoms with Crippen LogP contribution >= 0.6 is 0 Å². The zero-order valence-electron chi connectivity index (χ0n) is 32.8. The van der Waals surface area contributed by atoms with Crippen LogP contribution in [0.1, 0.15) is 74.5 Å². The molecule has 1 heterocycles. The quantitative estimate of drug-likeness (QED) is 0.0706. The van der Waals surface area contributed by atoms with Crippen molar-refractivity contribution >= 4 is 11.8 Å². The molecular weight excluding hydrogens is 734 g/mol. The number of allylic oxidation sites excluding steroid dienone is 1. The molecule has 1 saturated carbocycles. The Labute approximate surface area is 333 Å². The third-order valence-corrected chi connectivity index (χ3v) is 11.4. The Hall–Kier alpha value is -4.78. The Morgan fingerprint density at radius 1 is 1.04 bits per heavy atom. The highest BCUT2D eigenvalue weighted by Crippen LogP contribution is 2.62. The van der Waals surface area contributed by atoms with E-state index < -0.39 is 29.7 Å². The molecule has 10 nitrogen and oxygen atoms in total. The number of aliphatic hydroxyl groups is 2. The third-order valence-electron chi connectivity index (χ3n) is 11.4. The first-order chi connectivity index (χ1) is 27.8. The molecule has 57 heavy (non-hydrogen) atoms. The average molecular weight is 789 g/mol. The number of amides is 1. The summed E-state index contributed by atoms with van der Waals surface area (Å²) in [5, 5.41) is 24.4. The van der Waals surface area contributed by atoms with Crippen LogP contribution in [0.3, 0.4) is 0 Å². The number of ether oxygens (including phenoxy) is 4. The molecule has 6 unspecified atom stereocenters. The lowest BCUT2D eigenvalue weighted by atomic mass is 9.55. The highest BCUT2D eigenvalue weighted by atomic mass is 19.1. The molecule has 3 aromatic rings. The fraction of sp³-hybridized carbons (Fsp3) is 0.467. The van der Waals surface area contributed by atoms with Crippen LogP contribution in [0.5, 0.6) is 11.5 Å². The maximum atomic E-state index is 14.7. The maximum absolute atomic E-state index is 14.7. The second kappa shape index (κ2) is 19.6. The number of oxime groups is 1. The van der Waals surface area contributed by atoms with Gasteiger partial charge in [-0.25, -0.2) is 13.6 Å². The number of rotatable bonds is 19. The number of hydrogen-bond acceptors (Lipinski definition) is 9. The minimum atomic E-state index is -1.50. The summed E-state index contributed by atoms with van der Waals surface area (Å²) in [6, 6.07) is 17.2. The van der Waals surface area contributed by atoms with Crippen LogP contribution in [0.25, 0.3) is 0 Å². The molecule has 0 bridgehead atoms. The van der Waals surface area contributed by atoms with Gasteiger partial charge in [-0.3, -0.25) is 4.90 Å². The zero-order valence-corrected chi connectivity index (χ0v) is 32.8. The lowest BCUT2D eigenvalue weighted by Gasteiger charge is -2.59. The van der Waals surface area contributed by atoms with Crippen LogP contribution in [0, 0.1) is 29.4 Å². The molecule has 3 aromatic carbocycles. The van der Waals surface area contributed by atoms with E-state index in [1.54, 1.807) is 47.4 Å². The van der Waals surface area contributed by atoms with Gasteiger partial charge in [0.1, 0.15) is 42.4 Å². The molecule has 2 N–H and O–H groups in total. The molecule has 3 aliphatic rings. The largest absolute Gasteiger partial charge is 0.489 e. The standard InChI is InChI=1S/C45H54F2N2O8/c1-4-24-55-45-41(49(44(52)53-3)28-30-16-18-33(46)19-17-30)27-39(48-56-5-2)36-25-31(12-8-10-22-50)35(14-9-11-23-51)42(43(36)45)37-26-34(20-21-40(37)57-45)54-29-32-13-6-7-15-38(32)47/h4,6-7,13,15-21,25-26,31,35,41-43,50-51H,1,5,8-12,14,22-24,27-29H2,2-3H3. The molecule has 1 amide bonds. The number of halogens is 2. The Balaban J connectivity index is 1.57. The van der Waals surface area contributed by atoms with Gasteiger partial charge in [0.25, 0.3) is 0 Å². The summed E-state index contributed by atoms with van der Waals surface area (Å²) in [6.45, 7) is 6.43. The number of benzene rings is 3. The van der Waals surface area contributed by atoms with Crippen molar-refractivity contribution in [2.24, 2.45) is 22.9 Å². The molecular formula is C45H54F2N2O8. The van der Waals surface area contributed by atoms with Crippen molar-refractivity contribution < 1.29 is 47.6 Å². The Kier molecular flexibility index (Phi) is 14.4. The van der Waals surface area contributed by atoms with Gasteiger partial charge >= 0.3 is 6.09 Å². The van der Waals surface area contributed by atoms with E-state index in [4.69, 9.17) is 28.9 Å². The van der Waals surface area contributed by atoms with Crippen LogP contribution in [0.15, 0.2) is 96.2 Å². The number of carbonyl (C=O) groups is 1. The molecule has 306 valence electrons. The maximum Gasteiger partial charge on any atom is 0.410 e. The van der Waals surface area contributed by atoms with Gasteiger partial charge in [-0.15, -0.1) is 6.58 Å². The molecule has 6 atom stereocenters. The van der Waals surface area contributed by atoms with Crippen molar-refractivity contribution in [1.82, 2.24) is 4.90 Å². The number of fused-ring (bicyclic) bond motifs is 2. The summed E-state index contributed by atoms with van der Waals surface area (Å²) in [5.41, 5.74) is 3.49. The lowest BCUT2D eigenvalue weighted by molar-refractivity contribution is -0.256. The molecule has 1 aliphatic heterocycles. The summed E-state index contributed by atoms with van der Waals surface area (Å²) in [4.78, 5) is 21.4. The number of unbranched alkanes of at least 4 members (excludes halogenated alkanes) is 2. The van der Waals surface area contributed by atoms with Gasteiger partial charge in [0.2, 0.25) is 5.79 Å². The second-order valence-corrected chi connectivity index (χ2v) is 14.8. The molecule has 0 saturated heterocycles. The Morgan fingerprint density at radius 3 is 2.49 bits per heavy atom. The van der Waals surface area contributed by atoms with Crippen LogP contribution in [-0.2, 0) is 27.5 Å². The average Bonchev–Trinajstić information content (AvgIpc) is 3.22. The summed E-state index contributed by atoms with van der Waals surface area (Å²) in [5.74, 6) is -1.97. The number of carbonyl (C=O) groups excluding carboxylic acids is 1. The van der Waals surface area contributed by atoms with E-state index in [0.29, 0.717) is 47.8 Å². The fourth-order valence-corrected chi connectivity index (χ4v) is 8.86. The molecule has 6 rings (SSSR count). The summed E-state index contributed by atoms with van der Waals surface area (Å²) >= 11 is 0. The van der Waals surface area contributed by atoms with Gasteiger partial charge in [0.05, 0.1) is 25.3 Å². The van der Waals surface area contributed by atoms with E-state index in [1.807, 2.05) is 19.1 Å². The molecule has 2 aliphatic carbocycles. The van der Waals surface area contributed by atoms with Gasteiger partial charge in [0.15, 0.2) is 0 Å². The number of nitrogens with zero attached hydrogens (tertiary/aromatic N) is 2. The number of hydrogen-bond donors (Lipinski definition) is 2. The smallest absolute Gasteiger partial charge is 0.410 e. The van der Waals surface area contributed by atoms with Gasteiger partial charge in [0, 0.05) is 43.2 Å². The Morgan fingerprint density at radius 2 is 1.79 bits per heavy atom. The SMILES string of the molecule is C=CCOC12Oc3ccc(OCc4ccccc4F)cc3C3C(CCCCO)C(CCCCO)C=C(C(=NOCC)CC1N(Cc1ccc(F)cc1)C(=O)OC)C32. The minimum Gasteiger partial charge on any atom is -0.489 e. The predicted octanol–water partition coefficient (Wildman–Crippen LogP) is 8.47. The van der Waals surface area contributed by atoms with Crippen LogP contribution in [0.2, 0.25) is 0 Å². The van der Waals surface area contributed by atoms with Crippen molar-refractivity contribution in [3.63, 3.8) is 0 Å². The lowest BCUT2D eigenvalue weighted by Crippen LogP contribution is -2.70. The number of aliphatic hydroxyl groups excluding tert-OH is 2. The van der Waals surface area contributed by atoms with E-state index in [1.165, 1.54) is 25.3 Å². The van der Waals surface area contributed by atoms with Gasteiger partial charge in [-0.05, 0) is 92.0 Å². The third kappa shape index (κ3) is 9.19. The van der Waals surface area contributed by atoms with Crippen molar-refractivity contribution in [2.45, 2.75) is 82.8 Å². The first-order valence-corrected chi connectivity index (χ1v) is 19.9. The van der Waals surface area contributed by atoms with Crippen LogP contribution in [0.4, 0.5) is 13.6 Å². The van der Waals surface area contributed by atoms with Crippen LogP contribution in [-0.4, -0.2) is 72.3 Å². The zero-order chi connectivity index (χ0) is 40.4. The number of methoxy groups -OCH3 is 1. The monoisotopic (exact) mass is 788 g/mol. The second-order valence-electron chi connectivity index (χ2n) is 14.8. The van der Waals surface area contributed by atoms with Gasteiger partial charge < -0.3 is 34.0 Å². The van der Waals surface area contributed by atoms with E-state index in [2.05, 4.69) is 12.7 Å². The highest BCUT2D eigenvalue weighted by molar-refractivity contribution is 6.03. The first-order valence-electron chi connectivity index (χ1n) is 19.9. The summed E-state index contributed by atoms with van der Waals surface area (Å²) < 4.78 is 54.5.